The predicted molar refractivity (Wildman–Crippen MR) is 289 cm³/mol. The summed E-state index contributed by atoms with van der Waals surface area (Å²) >= 11 is 1.88. The molecule has 312 valence electrons. The molecule has 0 bridgehead atoms. The Hall–Kier alpha value is -8.50. The lowest BCUT2D eigenvalue weighted by atomic mass is 9.94. The van der Waals surface area contributed by atoms with E-state index in [2.05, 4.69) is 252 Å². The minimum Gasteiger partial charge on any atom is -0.310 e. The van der Waals surface area contributed by atoms with Gasteiger partial charge in [0, 0.05) is 53.7 Å². The molecule has 0 spiro atoms. The first-order valence-electron chi connectivity index (χ1n) is 23.0. The van der Waals surface area contributed by atoms with E-state index in [1.54, 1.807) is 0 Å². The third kappa shape index (κ3) is 6.02. The fourth-order valence-electron chi connectivity index (χ4n) is 10.8. The average molecular weight is 869 g/mol. The van der Waals surface area contributed by atoms with Crippen molar-refractivity contribution in [1.82, 2.24) is 4.57 Å². The molecular formula is C64H40N2S. The first kappa shape index (κ1) is 37.8. The van der Waals surface area contributed by atoms with Gasteiger partial charge in [0.25, 0.3) is 0 Å². The lowest BCUT2D eigenvalue weighted by Gasteiger charge is -2.27. The number of anilines is 3. The van der Waals surface area contributed by atoms with Crippen molar-refractivity contribution >= 4 is 113 Å². The maximum Gasteiger partial charge on any atom is 0.0541 e. The van der Waals surface area contributed by atoms with E-state index >= 15 is 0 Å². The third-order valence-corrected chi connectivity index (χ3v) is 15.2. The van der Waals surface area contributed by atoms with Crippen LogP contribution in [0.4, 0.5) is 17.1 Å². The van der Waals surface area contributed by atoms with E-state index in [1.165, 1.54) is 113 Å². The van der Waals surface area contributed by atoms with E-state index in [4.69, 9.17) is 0 Å². The SMILES string of the molecule is c1ccc2cc(-n3c4ccccc4c4cc(-c5ccc(N(c6ccc(-c7cccc8c7sc7ccccc78)cc6)c6ccc7c8ccccc8c8ccccc8c7c6)cc5)ccc43)ccc2c1. The Morgan fingerprint density at radius 2 is 0.851 bits per heavy atom. The quantitative estimate of drug-likeness (QED) is 0.151. The summed E-state index contributed by atoms with van der Waals surface area (Å²) in [6, 6.07) is 89.5. The molecule has 0 fully saturated rings. The number of aromatic nitrogens is 1. The Morgan fingerprint density at radius 1 is 0.299 bits per heavy atom. The topological polar surface area (TPSA) is 8.17 Å². The zero-order valence-corrected chi connectivity index (χ0v) is 37.2. The Kier molecular flexibility index (Phi) is 8.49. The standard InChI is InChI=1S/C64H40N2S/c1-2-13-44-38-48(34-26-41(44)12-1)66-61-22-9-7-18-56(61)60-39-45(29-37-62(60)66)42-24-30-46(31-25-42)65(49-35-36-55-53-16-4-3-14-51(53)52-15-5-6-17-54(52)59(55)40-49)47-32-27-43(28-33-47)50-20-11-21-58-57-19-8-10-23-63(57)67-64(50)58/h1-40H. The number of fused-ring (bicyclic) bond motifs is 13. The van der Waals surface area contributed by atoms with Gasteiger partial charge in [-0.3, -0.25) is 0 Å². The van der Waals surface area contributed by atoms with Crippen molar-refractivity contribution in [2.75, 3.05) is 4.90 Å². The second-order valence-corrected chi connectivity index (χ2v) is 18.7. The molecule has 0 aliphatic carbocycles. The summed E-state index contributed by atoms with van der Waals surface area (Å²) in [7, 11) is 0. The van der Waals surface area contributed by atoms with E-state index in [1.807, 2.05) is 11.3 Å². The zero-order chi connectivity index (χ0) is 44.0. The molecule has 0 aliphatic rings. The van der Waals surface area contributed by atoms with Gasteiger partial charge in [-0.05, 0) is 138 Å². The Morgan fingerprint density at radius 3 is 1.60 bits per heavy atom. The molecule has 14 aromatic rings. The van der Waals surface area contributed by atoms with Gasteiger partial charge in [-0.15, -0.1) is 11.3 Å². The molecule has 0 saturated heterocycles. The first-order chi connectivity index (χ1) is 33.2. The van der Waals surface area contributed by atoms with Crippen LogP contribution in [0.2, 0.25) is 0 Å². The van der Waals surface area contributed by atoms with Gasteiger partial charge >= 0.3 is 0 Å². The summed E-state index contributed by atoms with van der Waals surface area (Å²) in [6.07, 6.45) is 0. The fourth-order valence-corrected chi connectivity index (χ4v) is 12.0. The summed E-state index contributed by atoms with van der Waals surface area (Å²) in [5.41, 5.74) is 11.7. The fraction of sp³-hybridized carbons (Fsp3) is 0. The molecule has 2 heterocycles. The molecule has 0 amide bonds. The van der Waals surface area contributed by atoms with E-state index in [0.717, 1.165) is 17.1 Å². The van der Waals surface area contributed by atoms with E-state index in [9.17, 15) is 0 Å². The Balaban J connectivity index is 0.898. The second kappa shape index (κ2) is 15.0. The molecule has 0 aliphatic heterocycles. The Labute approximate surface area is 391 Å². The van der Waals surface area contributed by atoms with Crippen LogP contribution in [-0.4, -0.2) is 4.57 Å². The van der Waals surface area contributed by atoms with Crippen molar-refractivity contribution in [3.63, 3.8) is 0 Å². The Bertz CT molecular complexity index is 4240. The average Bonchev–Trinajstić information content (AvgIpc) is 3.95. The number of hydrogen-bond acceptors (Lipinski definition) is 2. The summed E-state index contributed by atoms with van der Waals surface area (Å²) in [5, 5.41) is 15.2. The minimum atomic E-state index is 1.10. The molecule has 2 nitrogen and oxygen atoms in total. The van der Waals surface area contributed by atoms with Gasteiger partial charge in [0.05, 0.1) is 11.0 Å². The van der Waals surface area contributed by atoms with Crippen LogP contribution in [-0.2, 0) is 0 Å². The number of para-hydroxylation sites is 1. The molecule has 0 unspecified atom stereocenters. The van der Waals surface area contributed by atoms with E-state index in [-0.39, 0.29) is 0 Å². The van der Waals surface area contributed by atoms with Gasteiger partial charge in [0.2, 0.25) is 0 Å². The summed E-state index contributed by atoms with van der Waals surface area (Å²) in [4.78, 5) is 2.41. The van der Waals surface area contributed by atoms with Gasteiger partial charge in [-0.1, -0.05) is 170 Å². The molecular weight excluding hydrogens is 829 g/mol. The van der Waals surface area contributed by atoms with Crippen LogP contribution in [0.25, 0.3) is 113 Å². The molecule has 0 N–H and O–H groups in total. The van der Waals surface area contributed by atoms with Crippen LogP contribution in [0.3, 0.4) is 0 Å². The molecule has 3 heteroatoms. The molecule has 12 aromatic carbocycles. The van der Waals surface area contributed by atoms with Crippen molar-refractivity contribution in [3.05, 3.63) is 243 Å². The highest BCUT2D eigenvalue weighted by atomic mass is 32.1. The van der Waals surface area contributed by atoms with Crippen LogP contribution in [0.15, 0.2) is 243 Å². The van der Waals surface area contributed by atoms with Crippen molar-refractivity contribution in [3.8, 4) is 27.9 Å². The highest BCUT2D eigenvalue weighted by molar-refractivity contribution is 7.26. The van der Waals surface area contributed by atoms with Crippen LogP contribution in [0, 0.1) is 0 Å². The van der Waals surface area contributed by atoms with Gasteiger partial charge in [0.15, 0.2) is 0 Å². The molecule has 67 heavy (non-hydrogen) atoms. The lowest BCUT2D eigenvalue weighted by Crippen LogP contribution is -2.10. The van der Waals surface area contributed by atoms with Gasteiger partial charge in [0.1, 0.15) is 0 Å². The number of rotatable bonds is 6. The number of thiophene rings is 1. The van der Waals surface area contributed by atoms with Crippen molar-refractivity contribution in [1.29, 1.82) is 0 Å². The molecule has 0 saturated carbocycles. The summed E-state index contributed by atoms with van der Waals surface area (Å²) in [6.45, 7) is 0. The van der Waals surface area contributed by atoms with Crippen molar-refractivity contribution < 1.29 is 0 Å². The van der Waals surface area contributed by atoms with Gasteiger partial charge < -0.3 is 9.47 Å². The summed E-state index contributed by atoms with van der Waals surface area (Å²) in [5.74, 6) is 0. The largest absolute Gasteiger partial charge is 0.310 e. The van der Waals surface area contributed by atoms with E-state index < -0.39 is 0 Å². The smallest absolute Gasteiger partial charge is 0.0541 e. The second-order valence-electron chi connectivity index (χ2n) is 17.6. The normalized spacial score (nSPS) is 11.9. The highest BCUT2D eigenvalue weighted by Gasteiger charge is 2.19. The molecule has 2 aromatic heterocycles. The minimum absolute atomic E-state index is 1.10. The first-order valence-corrected chi connectivity index (χ1v) is 23.8. The third-order valence-electron chi connectivity index (χ3n) is 13.9. The number of benzene rings is 12. The van der Waals surface area contributed by atoms with Crippen LogP contribution >= 0.6 is 11.3 Å². The molecule has 0 radical (unpaired) electrons. The summed E-state index contributed by atoms with van der Waals surface area (Å²) < 4.78 is 5.06. The lowest BCUT2D eigenvalue weighted by molar-refractivity contribution is 1.19. The molecule has 0 atom stereocenters. The maximum atomic E-state index is 2.41. The monoisotopic (exact) mass is 868 g/mol. The highest BCUT2D eigenvalue weighted by Crippen LogP contribution is 2.44. The van der Waals surface area contributed by atoms with Gasteiger partial charge in [-0.25, -0.2) is 0 Å². The van der Waals surface area contributed by atoms with Crippen molar-refractivity contribution in [2.24, 2.45) is 0 Å². The van der Waals surface area contributed by atoms with E-state index in [0.29, 0.717) is 0 Å². The maximum absolute atomic E-state index is 2.41. The molecule has 14 rings (SSSR count). The van der Waals surface area contributed by atoms with Crippen LogP contribution in [0.1, 0.15) is 0 Å². The van der Waals surface area contributed by atoms with Crippen LogP contribution < -0.4 is 4.90 Å². The van der Waals surface area contributed by atoms with Crippen molar-refractivity contribution in [2.45, 2.75) is 0 Å². The van der Waals surface area contributed by atoms with Gasteiger partial charge in [-0.2, -0.15) is 0 Å². The predicted octanol–water partition coefficient (Wildman–Crippen LogP) is 18.6. The zero-order valence-electron chi connectivity index (χ0n) is 36.4. The van der Waals surface area contributed by atoms with Crippen LogP contribution in [0.5, 0.6) is 0 Å². The number of nitrogens with zero attached hydrogens (tertiary/aromatic N) is 2. The number of hydrogen-bond donors (Lipinski definition) is 0.